The molecule has 24 heavy (non-hydrogen) atoms. The second-order valence-corrected chi connectivity index (χ2v) is 4.61. The second-order valence-electron chi connectivity index (χ2n) is 4.61. The second kappa shape index (κ2) is 7.29. The van der Waals surface area contributed by atoms with Crippen molar-refractivity contribution in [1.82, 2.24) is 15.1 Å². The predicted molar refractivity (Wildman–Crippen MR) is 66.8 cm³/mol. The molecule has 1 aliphatic heterocycles. The van der Waals surface area contributed by atoms with Gasteiger partial charge in [0, 0.05) is 33.5 Å². The molecule has 3 rings (SSSR count). The minimum Gasteiger partial charge on any atom is -0.521 e. The maximum absolute atomic E-state index is 13.8. The van der Waals surface area contributed by atoms with Crippen molar-refractivity contribution in [3.63, 3.8) is 0 Å². The van der Waals surface area contributed by atoms with E-state index in [1.807, 2.05) is 0 Å². The van der Waals surface area contributed by atoms with E-state index in [4.69, 9.17) is 14.3 Å². The van der Waals surface area contributed by atoms with Gasteiger partial charge < -0.3 is 19.2 Å². The fraction of sp³-hybridized carbons (Fsp3) is 0.308. The van der Waals surface area contributed by atoms with E-state index in [1.165, 1.54) is 4.90 Å². The standard InChI is InChI=1S/C13H9F3N3O4.Re/c14-7-5-6(8(15)10(20)9(7)16)11-17-18-12(23-11)13(21)19-1-3-22-4-2-19;/h20H,1-4H2;/q-1;. The third-order valence-corrected chi connectivity index (χ3v) is 3.18. The van der Waals surface area contributed by atoms with Crippen LogP contribution in [0.2, 0.25) is 0 Å². The number of phenols is 1. The van der Waals surface area contributed by atoms with Crippen LogP contribution in [-0.2, 0) is 25.2 Å². The summed E-state index contributed by atoms with van der Waals surface area (Å²) >= 11 is 0. The quantitative estimate of drug-likeness (QED) is 0.478. The monoisotopic (exact) mass is 515 g/mol. The van der Waals surface area contributed by atoms with E-state index in [0.717, 1.165) is 0 Å². The third-order valence-electron chi connectivity index (χ3n) is 3.18. The number of morpholine rings is 1. The van der Waals surface area contributed by atoms with Crippen LogP contribution in [0, 0.1) is 23.5 Å². The van der Waals surface area contributed by atoms with Gasteiger partial charge in [0.25, 0.3) is 5.89 Å². The Morgan fingerprint density at radius 1 is 1.17 bits per heavy atom. The number of hydrogen-bond donors (Lipinski definition) is 1. The Morgan fingerprint density at radius 2 is 1.83 bits per heavy atom. The zero-order valence-corrected chi connectivity index (χ0v) is 14.6. The normalized spacial score (nSPS) is 14.4. The molecule has 129 valence electrons. The molecule has 1 aromatic carbocycles. The first-order chi connectivity index (χ1) is 11.0. The Balaban J connectivity index is 0.00000208. The molecule has 0 aliphatic carbocycles. The maximum Gasteiger partial charge on any atom is 0.310 e. The van der Waals surface area contributed by atoms with Crippen LogP contribution in [0.1, 0.15) is 10.7 Å². The Kier molecular flexibility index (Phi) is 5.59. The van der Waals surface area contributed by atoms with E-state index >= 15 is 0 Å². The van der Waals surface area contributed by atoms with Crippen LogP contribution in [0.25, 0.3) is 11.5 Å². The summed E-state index contributed by atoms with van der Waals surface area (Å²) in [4.78, 5) is 13.5. The van der Waals surface area contributed by atoms with E-state index in [-0.39, 0.29) is 20.4 Å². The Hall–Kier alpha value is -1.96. The summed E-state index contributed by atoms with van der Waals surface area (Å²) in [5.41, 5.74) is -0.769. The molecule has 11 heteroatoms. The minimum atomic E-state index is -1.78. The molecule has 2 heterocycles. The first-order valence-electron chi connectivity index (χ1n) is 6.48. The van der Waals surface area contributed by atoms with Crippen molar-refractivity contribution in [2.75, 3.05) is 26.3 Å². The van der Waals surface area contributed by atoms with Crippen LogP contribution in [0.5, 0.6) is 5.75 Å². The number of aromatic hydroxyl groups is 1. The number of phenolic OH excluding ortho intramolecular Hbond substituents is 1. The fourth-order valence-corrected chi connectivity index (χ4v) is 2.00. The number of amides is 1. The first-order valence-corrected chi connectivity index (χ1v) is 6.48. The van der Waals surface area contributed by atoms with E-state index < -0.39 is 46.5 Å². The van der Waals surface area contributed by atoms with Crippen molar-refractivity contribution in [3.05, 3.63) is 29.4 Å². The third kappa shape index (κ3) is 3.28. The topological polar surface area (TPSA) is 88.7 Å². The number of carbonyl (C=O) groups excluding carboxylic acids is 1. The molecule has 7 nitrogen and oxygen atoms in total. The molecule has 0 bridgehead atoms. The Morgan fingerprint density at radius 3 is 2.50 bits per heavy atom. The number of rotatable bonds is 2. The van der Waals surface area contributed by atoms with Gasteiger partial charge in [0.1, 0.15) is 11.6 Å². The van der Waals surface area contributed by atoms with Gasteiger partial charge in [-0.25, -0.2) is 4.39 Å². The van der Waals surface area contributed by atoms with Crippen molar-refractivity contribution in [2.45, 2.75) is 0 Å². The summed E-state index contributed by atoms with van der Waals surface area (Å²) in [5.74, 6) is -8.09. The molecule has 1 amide bonds. The smallest absolute Gasteiger partial charge is 0.310 e. The van der Waals surface area contributed by atoms with E-state index in [0.29, 0.717) is 26.3 Å². The molecule has 1 radical (unpaired) electrons. The molecule has 0 atom stereocenters. The zero-order chi connectivity index (χ0) is 16.6. The molecular weight excluding hydrogens is 505 g/mol. The summed E-state index contributed by atoms with van der Waals surface area (Å²) in [5, 5.41) is 16.0. The van der Waals surface area contributed by atoms with Crippen LogP contribution in [0.15, 0.2) is 4.42 Å². The molecule has 0 saturated carbocycles. The van der Waals surface area contributed by atoms with Crippen molar-refractivity contribution < 1.29 is 52.6 Å². The number of aromatic nitrogens is 2. The number of hydrogen-bond acceptors (Lipinski definition) is 6. The van der Waals surface area contributed by atoms with Crippen molar-refractivity contribution in [1.29, 1.82) is 0 Å². The molecule has 1 fully saturated rings. The molecular formula is C13H9F3N3O4Re-. The van der Waals surface area contributed by atoms with Crippen molar-refractivity contribution >= 4 is 5.91 Å². The summed E-state index contributed by atoms with van der Waals surface area (Å²) in [6, 6.07) is 1.71. The fourth-order valence-electron chi connectivity index (χ4n) is 2.00. The number of nitrogens with zero attached hydrogens (tertiary/aromatic N) is 3. The van der Waals surface area contributed by atoms with Crippen LogP contribution in [0.4, 0.5) is 13.2 Å². The summed E-state index contributed by atoms with van der Waals surface area (Å²) in [6.07, 6.45) is 0. The zero-order valence-electron chi connectivity index (χ0n) is 11.9. The molecule has 1 aliphatic rings. The average Bonchev–Trinajstić information content (AvgIpc) is 3.06. The van der Waals surface area contributed by atoms with Crippen LogP contribution in [0.3, 0.4) is 0 Å². The van der Waals surface area contributed by atoms with Gasteiger partial charge in [-0.3, -0.25) is 13.6 Å². The summed E-state index contributed by atoms with van der Waals surface area (Å²) < 4.78 is 50.1. The maximum atomic E-state index is 13.8. The van der Waals surface area contributed by atoms with Gasteiger partial charge in [-0.2, -0.15) is 5.10 Å². The Labute approximate surface area is 147 Å². The van der Waals surface area contributed by atoms with E-state index in [9.17, 15) is 18.0 Å². The molecule has 0 unspecified atom stereocenters. The Bertz CT molecular complexity index is 765. The molecule has 1 aromatic heterocycles. The van der Waals surface area contributed by atoms with Crippen LogP contribution < -0.4 is 0 Å². The van der Waals surface area contributed by atoms with Gasteiger partial charge in [-0.1, -0.05) is 6.07 Å². The number of carbonyl (C=O) groups is 1. The van der Waals surface area contributed by atoms with Crippen molar-refractivity contribution in [2.24, 2.45) is 0 Å². The number of benzene rings is 1. The molecule has 2 aromatic rings. The molecule has 1 saturated heterocycles. The first kappa shape index (κ1) is 18.4. The minimum absolute atomic E-state index is 0. The summed E-state index contributed by atoms with van der Waals surface area (Å²) in [7, 11) is 0. The van der Waals surface area contributed by atoms with Crippen molar-refractivity contribution in [3.8, 4) is 17.2 Å². The molecule has 0 spiro atoms. The summed E-state index contributed by atoms with van der Waals surface area (Å²) in [6.45, 7) is 1.35. The van der Waals surface area contributed by atoms with E-state index in [2.05, 4.69) is 10.2 Å². The van der Waals surface area contributed by atoms with E-state index in [1.54, 1.807) is 6.07 Å². The van der Waals surface area contributed by atoms with Gasteiger partial charge >= 0.3 is 5.91 Å². The number of halogens is 3. The van der Waals surface area contributed by atoms with Crippen LogP contribution >= 0.6 is 0 Å². The predicted octanol–water partition coefficient (Wildman–Crippen LogP) is 1.13. The number of ether oxygens (including phenoxy) is 1. The van der Waals surface area contributed by atoms with Gasteiger partial charge in [-0.15, -0.1) is 5.10 Å². The SMILES string of the molecule is O=C(c1nnc(-c2[c-]c(F)c(F)c(O)c2F)o1)N1CCOCC1.[Re]. The van der Waals surface area contributed by atoms with Crippen LogP contribution in [-0.4, -0.2) is 52.4 Å². The van der Waals surface area contributed by atoms with Gasteiger partial charge in [0.15, 0.2) is 5.89 Å². The van der Waals surface area contributed by atoms with Gasteiger partial charge in [0.2, 0.25) is 0 Å². The van der Waals surface area contributed by atoms with Gasteiger partial charge in [-0.05, 0) is 5.56 Å². The van der Waals surface area contributed by atoms with Gasteiger partial charge in [0.05, 0.1) is 24.8 Å². The average molecular weight is 514 g/mol. The molecule has 1 N–H and O–H groups in total. The largest absolute Gasteiger partial charge is 0.521 e.